The summed E-state index contributed by atoms with van der Waals surface area (Å²) in [6.07, 6.45) is 0. The molecule has 0 fully saturated rings. The maximum absolute atomic E-state index is 12.8. The molecule has 0 spiro atoms. The fraction of sp³-hybridized carbons (Fsp3) is 0.167. The smallest absolute Gasteiger partial charge is 0.255 e. The van der Waals surface area contributed by atoms with Crippen LogP contribution in [0.1, 0.15) is 33.2 Å². The minimum atomic E-state index is -0.256. The predicted molar refractivity (Wildman–Crippen MR) is 114 cm³/mol. The lowest BCUT2D eigenvalue weighted by Crippen LogP contribution is -2.26. The summed E-state index contributed by atoms with van der Waals surface area (Å²) in [6, 6.07) is 23.8. The number of anilines is 1. The minimum absolute atomic E-state index is 0.108. The molecule has 0 radical (unpaired) electrons. The number of benzene rings is 3. The Hall–Kier alpha value is -3.60. The topological polar surface area (TPSA) is 58.6 Å². The number of nitrogens with zero attached hydrogens (tertiary/aromatic N) is 1. The first-order chi connectivity index (χ1) is 14.1. The molecular formula is C24H24N2O3. The number of carbonyl (C=O) groups excluding carboxylic acids is 2. The van der Waals surface area contributed by atoms with Crippen molar-refractivity contribution < 1.29 is 14.3 Å². The van der Waals surface area contributed by atoms with Gasteiger partial charge in [-0.05, 0) is 48.9 Å². The second-order valence-corrected chi connectivity index (χ2v) is 6.64. The Labute approximate surface area is 170 Å². The molecule has 0 saturated carbocycles. The van der Waals surface area contributed by atoms with Crippen molar-refractivity contribution in [3.8, 4) is 5.75 Å². The van der Waals surface area contributed by atoms with Crippen LogP contribution in [0, 0.1) is 0 Å². The fourth-order valence-electron chi connectivity index (χ4n) is 2.98. The van der Waals surface area contributed by atoms with Gasteiger partial charge in [-0.3, -0.25) is 9.59 Å². The van der Waals surface area contributed by atoms with Gasteiger partial charge in [0.2, 0.25) is 0 Å². The van der Waals surface area contributed by atoms with Gasteiger partial charge in [-0.1, -0.05) is 42.5 Å². The molecule has 0 aliphatic carbocycles. The molecule has 0 bridgehead atoms. The highest BCUT2D eigenvalue weighted by molar-refractivity contribution is 6.05. The number of ether oxygens (including phenoxy) is 1. The lowest BCUT2D eigenvalue weighted by atomic mass is 10.1. The van der Waals surface area contributed by atoms with Crippen LogP contribution in [-0.4, -0.2) is 30.4 Å². The predicted octanol–water partition coefficient (Wildman–Crippen LogP) is 4.61. The number of carbonyl (C=O) groups is 2. The van der Waals surface area contributed by atoms with E-state index in [0.29, 0.717) is 35.7 Å². The number of hydrogen-bond donors (Lipinski definition) is 1. The zero-order valence-electron chi connectivity index (χ0n) is 16.6. The molecule has 0 aliphatic heterocycles. The molecular weight excluding hydrogens is 364 g/mol. The Morgan fingerprint density at radius 3 is 2.38 bits per heavy atom. The van der Waals surface area contributed by atoms with E-state index >= 15 is 0 Å². The lowest BCUT2D eigenvalue weighted by molar-refractivity contribution is 0.0784. The highest BCUT2D eigenvalue weighted by atomic mass is 16.5. The van der Waals surface area contributed by atoms with Crippen LogP contribution in [0.2, 0.25) is 0 Å². The molecule has 0 aliphatic rings. The Kier molecular flexibility index (Phi) is 6.63. The van der Waals surface area contributed by atoms with Gasteiger partial charge in [0.05, 0.1) is 6.61 Å². The van der Waals surface area contributed by atoms with Crippen molar-refractivity contribution in [2.45, 2.75) is 13.5 Å². The standard InChI is InChI=1S/C24H24N2O3/c1-3-29-22-14-8-11-19(16-22)23(27)25-21-13-7-12-20(15-21)24(28)26(2)17-18-9-5-4-6-10-18/h4-16H,3,17H2,1-2H3,(H,25,27). The molecule has 1 N–H and O–H groups in total. The van der Waals surface area contributed by atoms with Crippen molar-refractivity contribution in [3.63, 3.8) is 0 Å². The minimum Gasteiger partial charge on any atom is -0.494 e. The lowest BCUT2D eigenvalue weighted by Gasteiger charge is -2.18. The van der Waals surface area contributed by atoms with Gasteiger partial charge in [0.25, 0.3) is 11.8 Å². The van der Waals surface area contributed by atoms with Crippen molar-refractivity contribution in [1.29, 1.82) is 0 Å². The Morgan fingerprint density at radius 2 is 1.62 bits per heavy atom. The molecule has 0 unspecified atom stereocenters. The molecule has 0 heterocycles. The monoisotopic (exact) mass is 388 g/mol. The van der Waals surface area contributed by atoms with Crippen LogP contribution < -0.4 is 10.1 Å². The van der Waals surface area contributed by atoms with Crippen LogP contribution in [0.5, 0.6) is 5.75 Å². The van der Waals surface area contributed by atoms with Gasteiger partial charge in [0.1, 0.15) is 5.75 Å². The van der Waals surface area contributed by atoms with Gasteiger partial charge in [0, 0.05) is 30.4 Å². The molecule has 5 nitrogen and oxygen atoms in total. The van der Waals surface area contributed by atoms with Crippen LogP contribution >= 0.6 is 0 Å². The first-order valence-electron chi connectivity index (χ1n) is 9.50. The third-order valence-corrected chi connectivity index (χ3v) is 4.38. The van der Waals surface area contributed by atoms with Crippen LogP contribution in [0.15, 0.2) is 78.9 Å². The summed E-state index contributed by atoms with van der Waals surface area (Å²) in [7, 11) is 1.76. The molecule has 5 heteroatoms. The van der Waals surface area contributed by atoms with Gasteiger partial charge in [0.15, 0.2) is 0 Å². The molecule has 0 aromatic heterocycles. The van der Waals surface area contributed by atoms with E-state index in [0.717, 1.165) is 5.56 Å². The SMILES string of the molecule is CCOc1cccc(C(=O)Nc2cccc(C(=O)N(C)Cc3ccccc3)c2)c1. The fourth-order valence-corrected chi connectivity index (χ4v) is 2.98. The average Bonchev–Trinajstić information content (AvgIpc) is 2.74. The molecule has 3 rings (SSSR count). The van der Waals surface area contributed by atoms with Crippen molar-refractivity contribution in [2.24, 2.45) is 0 Å². The summed E-state index contributed by atoms with van der Waals surface area (Å²) in [5, 5.41) is 2.85. The Bertz CT molecular complexity index is 986. The summed E-state index contributed by atoms with van der Waals surface area (Å²) in [4.78, 5) is 27.0. The second-order valence-electron chi connectivity index (χ2n) is 6.64. The number of nitrogens with one attached hydrogen (secondary N) is 1. The zero-order valence-corrected chi connectivity index (χ0v) is 16.6. The van der Waals surface area contributed by atoms with Crippen LogP contribution in [0.3, 0.4) is 0 Å². The highest BCUT2D eigenvalue weighted by Crippen LogP contribution is 2.17. The molecule has 0 atom stereocenters. The summed E-state index contributed by atoms with van der Waals surface area (Å²) in [5.41, 5.74) is 2.64. The largest absolute Gasteiger partial charge is 0.494 e. The quantitative estimate of drug-likeness (QED) is 0.643. The average molecular weight is 388 g/mol. The van der Waals surface area contributed by atoms with Crippen LogP contribution in [0.25, 0.3) is 0 Å². The molecule has 148 valence electrons. The van der Waals surface area contributed by atoms with Gasteiger partial charge in [-0.25, -0.2) is 0 Å². The van der Waals surface area contributed by atoms with E-state index in [1.807, 2.05) is 43.3 Å². The van der Waals surface area contributed by atoms with Crippen molar-refractivity contribution in [3.05, 3.63) is 95.6 Å². The molecule has 3 aromatic rings. The van der Waals surface area contributed by atoms with E-state index in [-0.39, 0.29) is 11.8 Å². The molecule has 2 amide bonds. The molecule has 0 saturated heterocycles. The van der Waals surface area contributed by atoms with Gasteiger partial charge in [-0.2, -0.15) is 0 Å². The van der Waals surface area contributed by atoms with Gasteiger partial charge < -0.3 is 15.0 Å². The Morgan fingerprint density at radius 1 is 0.897 bits per heavy atom. The van der Waals surface area contributed by atoms with E-state index in [9.17, 15) is 9.59 Å². The third kappa shape index (κ3) is 5.45. The van der Waals surface area contributed by atoms with Crippen LogP contribution in [0.4, 0.5) is 5.69 Å². The van der Waals surface area contributed by atoms with Gasteiger partial charge in [-0.15, -0.1) is 0 Å². The van der Waals surface area contributed by atoms with Crippen LogP contribution in [-0.2, 0) is 6.54 Å². The van der Waals surface area contributed by atoms with Gasteiger partial charge >= 0.3 is 0 Å². The van der Waals surface area contributed by atoms with E-state index in [1.54, 1.807) is 54.4 Å². The van der Waals surface area contributed by atoms with Crippen molar-refractivity contribution in [2.75, 3.05) is 19.0 Å². The third-order valence-electron chi connectivity index (χ3n) is 4.38. The highest BCUT2D eigenvalue weighted by Gasteiger charge is 2.14. The second kappa shape index (κ2) is 9.55. The summed E-state index contributed by atoms with van der Waals surface area (Å²) in [6.45, 7) is 2.94. The summed E-state index contributed by atoms with van der Waals surface area (Å²) in [5.74, 6) is 0.281. The van der Waals surface area contributed by atoms with E-state index in [1.165, 1.54) is 0 Å². The van der Waals surface area contributed by atoms with Crippen molar-refractivity contribution >= 4 is 17.5 Å². The Balaban J connectivity index is 1.69. The molecule has 3 aromatic carbocycles. The maximum Gasteiger partial charge on any atom is 0.255 e. The summed E-state index contributed by atoms with van der Waals surface area (Å²) >= 11 is 0. The maximum atomic E-state index is 12.8. The first kappa shape index (κ1) is 20.1. The van der Waals surface area contributed by atoms with E-state index < -0.39 is 0 Å². The van der Waals surface area contributed by atoms with E-state index in [2.05, 4.69) is 5.32 Å². The summed E-state index contributed by atoms with van der Waals surface area (Å²) < 4.78 is 5.44. The van der Waals surface area contributed by atoms with E-state index in [4.69, 9.17) is 4.74 Å². The molecule has 29 heavy (non-hydrogen) atoms. The number of amides is 2. The normalized spacial score (nSPS) is 10.3. The number of rotatable bonds is 7. The number of hydrogen-bond acceptors (Lipinski definition) is 3. The first-order valence-corrected chi connectivity index (χ1v) is 9.50. The zero-order chi connectivity index (χ0) is 20.6. The van der Waals surface area contributed by atoms with Crippen molar-refractivity contribution in [1.82, 2.24) is 4.90 Å².